The van der Waals surface area contributed by atoms with Crippen LogP contribution in [0, 0.1) is 6.92 Å². The maximum atomic E-state index is 10.1. The molecule has 4 rings (SSSR count). The van der Waals surface area contributed by atoms with E-state index in [0.29, 0.717) is 12.2 Å². The summed E-state index contributed by atoms with van der Waals surface area (Å²) in [6.07, 6.45) is 5.57. The number of aliphatic hydroxyl groups excluding tert-OH is 1. The summed E-state index contributed by atoms with van der Waals surface area (Å²) in [6.45, 7) is 1.93. The lowest BCUT2D eigenvalue weighted by atomic mass is 9.83. The molecule has 3 atom stereocenters. The van der Waals surface area contributed by atoms with Crippen molar-refractivity contribution in [2.75, 3.05) is 5.32 Å². The molecule has 0 amide bonds. The van der Waals surface area contributed by atoms with Gasteiger partial charge >= 0.3 is 0 Å². The topological polar surface area (TPSA) is 88.8 Å². The molecule has 1 aliphatic rings. The van der Waals surface area contributed by atoms with E-state index < -0.39 is 6.10 Å². The van der Waals surface area contributed by atoms with Crippen molar-refractivity contribution in [3.63, 3.8) is 0 Å². The maximum Gasteiger partial charge on any atom is 0.180 e. The number of hydrogen-bond acceptors (Lipinski definition) is 6. The number of hydrogen-bond donors (Lipinski definition) is 2. The summed E-state index contributed by atoms with van der Waals surface area (Å²) in [5, 5.41) is 17.7. The molecular formula is C17H18N6O. The van der Waals surface area contributed by atoms with Gasteiger partial charge < -0.3 is 10.4 Å². The molecule has 0 unspecified atom stereocenters. The third kappa shape index (κ3) is 2.74. The monoisotopic (exact) mass is 322 g/mol. The average Bonchev–Trinajstić information content (AvgIpc) is 3.08. The van der Waals surface area contributed by atoms with Crippen LogP contribution < -0.4 is 5.32 Å². The van der Waals surface area contributed by atoms with Gasteiger partial charge in [0.05, 0.1) is 18.2 Å². The molecular weight excluding hydrogens is 304 g/mol. The van der Waals surface area contributed by atoms with Crippen LogP contribution in [0.2, 0.25) is 0 Å². The van der Waals surface area contributed by atoms with E-state index in [1.165, 1.54) is 0 Å². The summed E-state index contributed by atoms with van der Waals surface area (Å²) in [5.41, 5.74) is 1.60. The zero-order valence-electron chi connectivity index (χ0n) is 13.2. The van der Waals surface area contributed by atoms with Gasteiger partial charge in [0.15, 0.2) is 5.82 Å². The summed E-state index contributed by atoms with van der Waals surface area (Å²) < 4.78 is 1.79. The van der Waals surface area contributed by atoms with Crippen LogP contribution in [-0.2, 0) is 0 Å². The van der Waals surface area contributed by atoms with Crippen molar-refractivity contribution in [3.8, 4) is 11.5 Å². The van der Waals surface area contributed by atoms with Crippen LogP contribution in [0.25, 0.3) is 11.5 Å². The molecule has 24 heavy (non-hydrogen) atoms. The fraction of sp³-hybridized carbons (Fsp3) is 0.294. The highest BCUT2D eigenvalue weighted by Gasteiger charge is 2.42. The Morgan fingerprint density at radius 1 is 1.21 bits per heavy atom. The number of nitrogens with zero attached hydrogens (tertiary/aromatic N) is 5. The van der Waals surface area contributed by atoms with Gasteiger partial charge in [0, 0.05) is 30.4 Å². The normalized spacial score (nSPS) is 22.8. The molecule has 0 radical (unpaired) electrons. The van der Waals surface area contributed by atoms with Gasteiger partial charge in [-0.1, -0.05) is 6.07 Å². The van der Waals surface area contributed by atoms with Gasteiger partial charge in [0.25, 0.3) is 0 Å². The number of aliphatic hydroxyl groups is 1. The van der Waals surface area contributed by atoms with Crippen molar-refractivity contribution < 1.29 is 5.11 Å². The van der Waals surface area contributed by atoms with Crippen molar-refractivity contribution in [2.45, 2.75) is 31.5 Å². The first-order valence-corrected chi connectivity index (χ1v) is 7.91. The Morgan fingerprint density at radius 3 is 2.83 bits per heavy atom. The molecule has 3 aromatic rings. The fourth-order valence-electron chi connectivity index (χ4n) is 3.02. The lowest BCUT2D eigenvalue weighted by molar-refractivity contribution is 0.0133. The van der Waals surface area contributed by atoms with Crippen molar-refractivity contribution in [1.29, 1.82) is 0 Å². The fourth-order valence-corrected chi connectivity index (χ4v) is 3.02. The van der Waals surface area contributed by atoms with E-state index in [0.717, 1.165) is 17.2 Å². The molecule has 0 aliphatic heterocycles. The Morgan fingerprint density at radius 2 is 2.12 bits per heavy atom. The molecule has 0 aromatic carbocycles. The Balaban J connectivity index is 1.58. The lowest BCUT2D eigenvalue weighted by Crippen LogP contribution is -2.51. The summed E-state index contributed by atoms with van der Waals surface area (Å²) in [4.78, 5) is 13.3. The number of nitrogens with one attached hydrogen (secondary N) is 1. The van der Waals surface area contributed by atoms with E-state index in [1.54, 1.807) is 17.1 Å². The van der Waals surface area contributed by atoms with Gasteiger partial charge in [0.2, 0.25) is 0 Å². The van der Waals surface area contributed by atoms with E-state index in [4.69, 9.17) is 0 Å². The van der Waals surface area contributed by atoms with E-state index >= 15 is 0 Å². The largest absolute Gasteiger partial charge is 0.391 e. The number of aromatic nitrogens is 5. The van der Waals surface area contributed by atoms with Crippen LogP contribution in [0.15, 0.2) is 48.9 Å². The molecule has 7 nitrogen and oxygen atoms in total. The van der Waals surface area contributed by atoms with Crippen LogP contribution >= 0.6 is 0 Å². The smallest absolute Gasteiger partial charge is 0.180 e. The second-order valence-electron chi connectivity index (χ2n) is 5.96. The second kappa shape index (κ2) is 6.01. The minimum atomic E-state index is -0.402. The van der Waals surface area contributed by atoms with Crippen molar-refractivity contribution >= 4 is 5.82 Å². The SMILES string of the molecule is Cc1cc(N[C@H]2C[C@@H](O)[C@@H]2n2cccn2)nc(-c2ccccn2)n1. The number of pyridine rings is 1. The quantitative estimate of drug-likeness (QED) is 0.762. The van der Waals surface area contributed by atoms with E-state index in [9.17, 15) is 5.11 Å². The Kier molecular flexibility index (Phi) is 3.70. The molecule has 122 valence electrons. The van der Waals surface area contributed by atoms with Crippen LogP contribution in [0.3, 0.4) is 0 Å². The highest BCUT2D eigenvalue weighted by molar-refractivity contribution is 5.53. The van der Waals surface area contributed by atoms with Crippen LogP contribution in [0.4, 0.5) is 5.82 Å². The standard InChI is InChI=1S/C17H18N6O/c1-11-9-15(22-17(20-11)12-5-2-3-6-18-12)21-13-10-14(24)16(13)23-8-4-7-19-23/h2-9,13-14,16,24H,10H2,1H3,(H,20,21,22)/t13-,14+,16+/m0/s1. The van der Waals surface area contributed by atoms with Crippen LogP contribution in [-0.4, -0.2) is 42.0 Å². The van der Waals surface area contributed by atoms with Gasteiger partial charge in [-0.15, -0.1) is 0 Å². The highest BCUT2D eigenvalue weighted by atomic mass is 16.3. The first-order chi connectivity index (χ1) is 11.7. The molecule has 0 bridgehead atoms. The van der Waals surface area contributed by atoms with E-state index in [-0.39, 0.29) is 12.1 Å². The van der Waals surface area contributed by atoms with Crippen LogP contribution in [0.5, 0.6) is 0 Å². The van der Waals surface area contributed by atoms with E-state index in [1.807, 2.05) is 43.5 Å². The van der Waals surface area contributed by atoms with Crippen molar-refractivity contribution in [1.82, 2.24) is 24.7 Å². The van der Waals surface area contributed by atoms with Crippen LogP contribution in [0.1, 0.15) is 18.2 Å². The Hall–Kier alpha value is -2.80. The first kappa shape index (κ1) is 14.8. The third-order valence-corrected chi connectivity index (χ3v) is 4.21. The molecule has 3 aromatic heterocycles. The van der Waals surface area contributed by atoms with Gasteiger partial charge in [-0.3, -0.25) is 9.67 Å². The molecule has 3 heterocycles. The summed E-state index contributed by atoms with van der Waals surface area (Å²) in [5.74, 6) is 1.32. The average molecular weight is 322 g/mol. The molecule has 7 heteroatoms. The summed E-state index contributed by atoms with van der Waals surface area (Å²) in [7, 11) is 0. The van der Waals surface area contributed by atoms with Gasteiger partial charge in [0.1, 0.15) is 11.5 Å². The molecule has 0 saturated heterocycles. The minimum Gasteiger partial charge on any atom is -0.391 e. The number of aryl methyl sites for hydroxylation is 1. The van der Waals surface area contributed by atoms with E-state index in [2.05, 4.69) is 25.4 Å². The van der Waals surface area contributed by atoms with Crippen molar-refractivity contribution in [3.05, 3.63) is 54.6 Å². The zero-order chi connectivity index (χ0) is 16.5. The summed E-state index contributed by atoms with van der Waals surface area (Å²) in [6, 6.07) is 9.41. The predicted molar refractivity (Wildman–Crippen MR) is 89.3 cm³/mol. The minimum absolute atomic E-state index is 0.0748. The second-order valence-corrected chi connectivity index (χ2v) is 5.96. The van der Waals surface area contributed by atoms with Gasteiger partial charge in [-0.2, -0.15) is 5.10 Å². The highest BCUT2D eigenvalue weighted by Crippen LogP contribution is 2.34. The van der Waals surface area contributed by atoms with Crippen molar-refractivity contribution in [2.24, 2.45) is 0 Å². The Bertz CT molecular complexity index is 820. The van der Waals surface area contributed by atoms with Gasteiger partial charge in [-0.05, 0) is 31.5 Å². The third-order valence-electron chi connectivity index (χ3n) is 4.21. The lowest BCUT2D eigenvalue weighted by Gasteiger charge is -2.42. The molecule has 2 N–H and O–H groups in total. The molecule has 1 aliphatic carbocycles. The number of rotatable bonds is 4. The summed E-state index contributed by atoms with van der Waals surface area (Å²) >= 11 is 0. The zero-order valence-corrected chi connectivity index (χ0v) is 13.2. The van der Waals surface area contributed by atoms with Gasteiger partial charge in [-0.25, -0.2) is 9.97 Å². The predicted octanol–water partition coefficient (Wildman–Crippen LogP) is 1.83. The maximum absolute atomic E-state index is 10.1. The molecule has 1 fully saturated rings. The molecule has 0 spiro atoms. The number of anilines is 1. The Labute approximate surface area is 139 Å². The first-order valence-electron chi connectivity index (χ1n) is 7.91. The molecule has 1 saturated carbocycles.